The molecule has 0 radical (unpaired) electrons. The summed E-state index contributed by atoms with van der Waals surface area (Å²) in [4.78, 5) is 29.7. The first-order valence-electron chi connectivity index (χ1n) is 14.8. The molecule has 45 heavy (non-hydrogen) atoms. The van der Waals surface area contributed by atoms with Gasteiger partial charge in [0, 0.05) is 24.5 Å². The van der Waals surface area contributed by atoms with Crippen molar-refractivity contribution in [1.82, 2.24) is 10.2 Å². The monoisotopic (exact) mass is 665 g/mol. The Hall–Kier alpha value is -3.85. The second-order valence-electron chi connectivity index (χ2n) is 10.7. The molecule has 0 spiro atoms. The van der Waals surface area contributed by atoms with E-state index in [1.165, 1.54) is 17.0 Å². The van der Waals surface area contributed by atoms with Gasteiger partial charge in [-0.25, -0.2) is 8.42 Å². The van der Waals surface area contributed by atoms with Gasteiger partial charge < -0.3 is 10.2 Å². The fraction of sp³-hybridized carbons (Fsp3) is 0.257. The zero-order chi connectivity index (χ0) is 32.4. The third kappa shape index (κ3) is 8.87. The van der Waals surface area contributed by atoms with Gasteiger partial charge in [0.25, 0.3) is 10.0 Å². The summed E-state index contributed by atoms with van der Waals surface area (Å²) in [5.74, 6) is -0.921. The molecule has 1 N–H and O–H groups in total. The molecule has 7 nitrogen and oxygen atoms in total. The number of carbonyl (C=O) groups excluding carboxylic acids is 2. The summed E-state index contributed by atoms with van der Waals surface area (Å²) in [6.45, 7) is 3.72. The summed E-state index contributed by atoms with van der Waals surface area (Å²) in [6.07, 6.45) is 1.87. The fourth-order valence-electron chi connectivity index (χ4n) is 4.88. The average Bonchev–Trinajstić information content (AvgIpc) is 3.03. The number of aryl methyl sites for hydroxylation is 1. The quantitative estimate of drug-likeness (QED) is 0.146. The van der Waals surface area contributed by atoms with E-state index in [2.05, 4.69) is 5.32 Å². The lowest BCUT2D eigenvalue weighted by atomic mass is 10.0. The second kappa shape index (κ2) is 15.9. The molecule has 0 bridgehead atoms. The Bertz CT molecular complexity index is 1700. The van der Waals surface area contributed by atoms with Crippen LogP contribution in [0, 0.1) is 6.92 Å². The SMILES string of the molecule is CCCCNC(=O)[C@H](Cc1ccccc1)N(Cc1ccccc1Cl)C(=O)CN(c1ccccc1Cl)S(=O)(=O)c1ccc(C)cc1. The molecule has 10 heteroatoms. The number of para-hydroxylation sites is 1. The Morgan fingerprint density at radius 3 is 2.09 bits per heavy atom. The molecule has 2 amide bonds. The lowest BCUT2D eigenvalue weighted by molar-refractivity contribution is -0.140. The smallest absolute Gasteiger partial charge is 0.264 e. The van der Waals surface area contributed by atoms with Crippen LogP contribution in [-0.2, 0) is 32.6 Å². The van der Waals surface area contributed by atoms with Gasteiger partial charge in [-0.3, -0.25) is 13.9 Å². The van der Waals surface area contributed by atoms with Gasteiger partial charge in [-0.15, -0.1) is 0 Å². The van der Waals surface area contributed by atoms with Crippen molar-refractivity contribution in [2.75, 3.05) is 17.4 Å². The van der Waals surface area contributed by atoms with Crippen molar-refractivity contribution in [3.8, 4) is 0 Å². The van der Waals surface area contributed by atoms with E-state index in [1.807, 2.05) is 44.2 Å². The van der Waals surface area contributed by atoms with Crippen molar-refractivity contribution in [1.29, 1.82) is 0 Å². The molecule has 0 saturated heterocycles. The predicted molar refractivity (Wildman–Crippen MR) is 181 cm³/mol. The zero-order valence-electron chi connectivity index (χ0n) is 25.3. The van der Waals surface area contributed by atoms with Crippen molar-refractivity contribution >= 4 is 50.7 Å². The van der Waals surface area contributed by atoms with Crippen molar-refractivity contribution in [2.24, 2.45) is 0 Å². The van der Waals surface area contributed by atoms with Gasteiger partial charge in [-0.05, 0) is 54.8 Å². The molecule has 0 aliphatic heterocycles. The fourth-order valence-corrected chi connectivity index (χ4v) is 6.79. The van der Waals surface area contributed by atoms with Gasteiger partial charge in [0.1, 0.15) is 12.6 Å². The van der Waals surface area contributed by atoms with E-state index in [4.69, 9.17) is 23.2 Å². The summed E-state index contributed by atoms with van der Waals surface area (Å²) >= 11 is 13.1. The number of nitrogens with one attached hydrogen (secondary N) is 1. The van der Waals surface area contributed by atoms with Gasteiger partial charge in [0.2, 0.25) is 11.8 Å². The molecule has 236 valence electrons. The van der Waals surface area contributed by atoms with Gasteiger partial charge in [0.15, 0.2) is 0 Å². The van der Waals surface area contributed by atoms with Crippen LogP contribution in [0.1, 0.15) is 36.5 Å². The maximum Gasteiger partial charge on any atom is 0.264 e. The van der Waals surface area contributed by atoms with Crippen LogP contribution in [0.25, 0.3) is 0 Å². The highest BCUT2D eigenvalue weighted by Crippen LogP contribution is 2.31. The van der Waals surface area contributed by atoms with Crippen molar-refractivity contribution in [3.63, 3.8) is 0 Å². The van der Waals surface area contributed by atoms with E-state index in [9.17, 15) is 18.0 Å². The summed E-state index contributed by atoms with van der Waals surface area (Å²) in [5, 5.41) is 3.57. The third-order valence-corrected chi connectivity index (χ3v) is 9.87. The summed E-state index contributed by atoms with van der Waals surface area (Å²) in [7, 11) is -4.25. The minimum Gasteiger partial charge on any atom is -0.354 e. The Morgan fingerprint density at radius 1 is 0.822 bits per heavy atom. The molecule has 0 unspecified atom stereocenters. The highest BCUT2D eigenvalue weighted by molar-refractivity contribution is 7.92. The summed E-state index contributed by atoms with van der Waals surface area (Å²) < 4.78 is 29.3. The average molecular weight is 667 g/mol. The largest absolute Gasteiger partial charge is 0.354 e. The number of carbonyl (C=O) groups is 2. The van der Waals surface area contributed by atoms with Crippen LogP contribution in [-0.4, -0.2) is 44.3 Å². The molecule has 0 fully saturated rings. The minimum atomic E-state index is -4.25. The van der Waals surface area contributed by atoms with Crippen LogP contribution >= 0.6 is 23.2 Å². The van der Waals surface area contributed by atoms with Gasteiger partial charge in [0.05, 0.1) is 15.6 Å². The predicted octanol–water partition coefficient (Wildman–Crippen LogP) is 7.05. The number of anilines is 1. The number of hydrogen-bond acceptors (Lipinski definition) is 4. The number of amides is 2. The molecular weight excluding hydrogens is 629 g/mol. The highest BCUT2D eigenvalue weighted by Gasteiger charge is 2.35. The molecule has 1 atom stereocenters. The summed E-state index contributed by atoms with van der Waals surface area (Å²) in [6, 6.07) is 28.4. The minimum absolute atomic E-state index is 0.0108. The topological polar surface area (TPSA) is 86.8 Å². The number of sulfonamides is 1. The molecule has 0 saturated carbocycles. The highest BCUT2D eigenvalue weighted by atomic mass is 35.5. The lowest BCUT2D eigenvalue weighted by Crippen LogP contribution is -2.53. The molecule has 0 aliphatic carbocycles. The van der Waals surface area contributed by atoms with E-state index in [-0.39, 0.29) is 34.5 Å². The maximum atomic E-state index is 14.5. The Balaban J connectivity index is 1.80. The molecule has 4 rings (SSSR count). The molecule has 4 aromatic carbocycles. The summed E-state index contributed by atoms with van der Waals surface area (Å²) in [5.41, 5.74) is 2.51. The van der Waals surface area contributed by atoms with E-state index in [0.29, 0.717) is 17.1 Å². The van der Waals surface area contributed by atoms with Crippen LogP contribution in [0.2, 0.25) is 10.0 Å². The van der Waals surface area contributed by atoms with E-state index < -0.39 is 28.5 Å². The van der Waals surface area contributed by atoms with Crippen molar-refractivity contribution < 1.29 is 18.0 Å². The molecule has 0 aromatic heterocycles. The number of unbranched alkanes of at least 4 members (excludes halogenated alkanes) is 1. The number of benzene rings is 4. The van der Waals surface area contributed by atoms with Crippen LogP contribution in [0.5, 0.6) is 0 Å². The Kier molecular flexibility index (Phi) is 12.0. The second-order valence-corrected chi connectivity index (χ2v) is 13.4. The first-order chi connectivity index (χ1) is 21.6. The van der Waals surface area contributed by atoms with E-state index in [1.54, 1.807) is 60.7 Å². The normalized spacial score (nSPS) is 11.9. The molecule has 0 heterocycles. The lowest BCUT2D eigenvalue weighted by Gasteiger charge is -2.34. The van der Waals surface area contributed by atoms with Crippen LogP contribution in [0.15, 0.2) is 108 Å². The molecule has 4 aromatic rings. The number of nitrogens with zero attached hydrogens (tertiary/aromatic N) is 2. The van der Waals surface area contributed by atoms with Gasteiger partial charge >= 0.3 is 0 Å². The van der Waals surface area contributed by atoms with Crippen LogP contribution in [0.3, 0.4) is 0 Å². The zero-order valence-corrected chi connectivity index (χ0v) is 27.7. The standard InChI is InChI=1S/C35H37Cl2N3O4S/c1-3-4-22-38-35(42)33(23-27-12-6-5-7-13-27)39(24-28-14-8-9-15-30(28)36)34(41)25-40(32-17-11-10-16-31(32)37)45(43,44)29-20-18-26(2)19-21-29/h5-21,33H,3-4,22-25H2,1-2H3,(H,38,42)/t33-/m0/s1. The first kappa shape index (κ1) is 34.0. The number of halogens is 2. The van der Waals surface area contributed by atoms with E-state index in [0.717, 1.165) is 28.3 Å². The Labute approximate surface area is 275 Å². The van der Waals surface area contributed by atoms with Crippen LogP contribution < -0.4 is 9.62 Å². The third-order valence-electron chi connectivity index (χ3n) is 7.41. The Morgan fingerprint density at radius 2 is 1.44 bits per heavy atom. The van der Waals surface area contributed by atoms with E-state index >= 15 is 0 Å². The van der Waals surface area contributed by atoms with Gasteiger partial charge in [-0.2, -0.15) is 0 Å². The van der Waals surface area contributed by atoms with Crippen molar-refractivity contribution in [3.05, 3.63) is 130 Å². The molecular formula is C35H37Cl2N3O4S. The number of hydrogen-bond donors (Lipinski definition) is 1. The number of rotatable bonds is 14. The van der Waals surface area contributed by atoms with Crippen LogP contribution in [0.4, 0.5) is 5.69 Å². The maximum absolute atomic E-state index is 14.5. The van der Waals surface area contributed by atoms with Crippen molar-refractivity contribution in [2.45, 2.75) is 50.6 Å². The first-order valence-corrected chi connectivity index (χ1v) is 17.0. The molecule has 0 aliphatic rings. The van der Waals surface area contributed by atoms with Gasteiger partial charge in [-0.1, -0.05) is 115 Å².